The number of nitrogens with two attached hydrogens (primary N) is 1. The van der Waals surface area contributed by atoms with Gasteiger partial charge in [0, 0.05) is 17.0 Å². The molecule has 0 saturated carbocycles. The number of aryl methyl sites for hydroxylation is 1. The Morgan fingerprint density at radius 1 is 0.943 bits per heavy atom. The number of halogens is 1. The maximum Gasteiger partial charge on any atom is 0.238 e. The molecule has 3 aromatic carbocycles. The van der Waals surface area contributed by atoms with Crippen LogP contribution in [0.2, 0.25) is 5.02 Å². The van der Waals surface area contributed by atoms with Gasteiger partial charge in [0.15, 0.2) is 11.5 Å². The fraction of sp³-hybridized carbons (Fsp3) is 0.240. The highest BCUT2D eigenvalue weighted by molar-refractivity contribution is 7.89. The Morgan fingerprint density at radius 3 is 2.20 bits per heavy atom. The summed E-state index contributed by atoms with van der Waals surface area (Å²) in [6.07, 6.45) is 0.544. The van der Waals surface area contributed by atoms with Crippen LogP contribution >= 0.6 is 11.6 Å². The predicted molar refractivity (Wildman–Crippen MR) is 136 cm³/mol. The molecule has 1 heterocycles. The molecule has 0 saturated heterocycles. The van der Waals surface area contributed by atoms with E-state index in [2.05, 4.69) is 0 Å². The lowest BCUT2D eigenvalue weighted by Gasteiger charge is -2.25. The van der Waals surface area contributed by atoms with Crippen LogP contribution in [0.5, 0.6) is 17.2 Å². The molecule has 1 atom stereocenters. The number of hydrogen-bond acceptors (Lipinski definition) is 7. The molecule has 1 aliphatic rings. The summed E-state index contributed by atoms with van der Waals surface area (Å²) >= 11 is 6.44. The summed E-state index contributed by atoms with van der Waals surface area (Å²) in [5.41, 5.74) is 4.10. The molecule has 0 radical (unpaired) electrons. The Hall–Kier alpha value is -3.27. The molecule has 8 nitrogen and oxygen atoms in total. The van der Waals surface area contributed by atoms with Crippen LogP contribution in [-0.4, -0.2) is 35.5 Å². The molecule has 2 N–H and O–H groups in total. The number of ether oxygens (including phenoxy) is 3. The third-order valence-corrected chi connectivity index (χ3v) is 7.26. The first-order valence-corrected chi connectivity index (χ1v) is 12.6. The molecule has 1 unspecified atom stereocenters. The average molecular weight is 516 g/mol. The SMILES string of the molecule is COc1ccc(C2CC(c3cc(Cl)c(C)cc3OC)=NN2c2ccc(S(N)(=O)=O)cc2)cc1OC. The van der Waals surface area contributed by atoms with Crippen molar-refractivity contribution in [2.24, 2.45) is 10.2 Å². The van der Waals surface area contributed by atoms with E-state index in [1.807, 2.05) is 42.3 Å². The van der Waals surface area contributed by atoms with Crippen molar-refractivity contribution in [2.45, 2.75) is 24.3 Å². The minimum Gasteiger partial charge on any atom is -0.496 e. The molecule has 3 aromatic rings. The smallest absolute Gasteiger partial charge is 0.238 e. The van der Waals surface area contributed by atoms with Crippen molar-refractivity contribution >= 4 is 33.0 Å². The number of hydrogen-bond donors (Lipinski definition) is 1. The molecule has 0 amide bonds. The van der Waals surface area contributed by atoms with Gasteiger partial charge in [-0.3, -0.25) is 5.01 Å². The van der Waals surface area contributed by atoms with Gasteiger partial charge >= 0.3 is 0 Å². The second kappa shape index (κ2) is 9.77. The summed E-state index contributed by atoms with van der Waals surface area (Å²) in [5.74, 6) is 1.88. The topological polar surface area (TPSA) is 103 Å². The Balaban J connectivity index is 1.83. The zero-order valence-electron chi connectivity index (χ0n) is 19.8. The molecule has 184 valence electrons. The van der Waals surface area contributed by atoms with Gasteiger partial charge in [0.1, 0.15) is 5.75 Å². The molecule has 4 rings (SSSR count). The van der Waals surface area contributed by atoms with Crippen LogP contribution in [0.15, 0.2) is 64.6 Å². The van der Waals surface area contributed by atoms with E-state index in [0.717, 1.165) is 22.4 Å². The Kier molecular flexibility index (Phi) is 6.93. The van der Waals surface area contributed by atoms with Gasteiger partial charge in [-0.1, -0.05) is 17.7 Å². The first-order chi connectivity index (χ1) is 16.7. The second-order valence-corrected chi connectivity index (χ2v) is 10.0. The molecule has 0 aromatic heterocycles. The minimum atomic E-state index is -3.81. The van der Waals surface area contributed by atoms with Crippen molar-refractivity contribution in [3.8, 4) is 17.2 Å². The fourth-order valence-electron chi connectivity index (χ4n) is 4.07. The van der Waals surface area contributed by atoms with E-state index in [0.29, 0.717) is 34.4 Å². The number of anilines is 1. The van der Waals surface area contributed by atoms with Crippen molar-refractivity contribution in [1.29, 1.82) is 0 Å². The summed E-state index contributed by atoms with van der Waals surface area (Å²) in [4.78, 5) is 0.0271. The number of rotatable bonds is 7. The van der Waals surface area contributed by atoms with Gasteiger partial charge in [-0.15, -0.1) is 0 Å². The molecule has 1 aliphatic heterocycles. The zero-order valence-corrected chi connectivity index (χ0v) is 21.4. The maximum absolute atomic E-state index is 11.7. The summed E-state index contributed by atoms with van der Waals surface area (Å²) in [6, 6.07) is 15.5. The standard InChI is InChI=1S/C25H26ClN3O5S/c1-15-11-24(33-3)19(13-20(15)26)21-14-22(16-5-10-23(32-2)25(12-16)34-4)29(28-21)17-6-8-18(9-7-17)35(27,30)31/h5-13,22H,14H2,1-4H3,(H2,27,30,31). The average Bonchev–Trinajstić information content (AvgIpc) is 3.29. The number of sulfonamides is 1. The van der Waals surface area contributed by atoms with E-state index in [9.17, 15) is 8.42 Å². The highest BCUT2D eigenvalue weighted by Crippen LogP contribution is 2.41. The van der Waals surface area contributed by atoms with Gasteiger partial charge in [0.05, 0.1) is 43.7 Å². The predicted octanol–water partition coefficient (Wildman–Crippen LogP) is 4.68. The summed E-state index contributed by atoms with van der Waals surface area (Å²) < 4.78 is 40.0. The molecule has 35 heavy (non-hydrogen) atoms. The molecular formula is C25H26ClN3O5S. The molecule has 0 bridgehead atoms. The van der Waals surface area contributed by atoms with Crippen LogP contribution in [-0.2, 0) is 10.0 Å². The van der Waals surface area contributed by atoms with Crippen LogP contribution in [0.25, 0.3) is 0 Å². The third-order valence-electron chi connectivity index (χ3n) is 5.92. The lowest BCUT2D eigenvalue weighted by atomic mass is 9.96. The van der Waals surface area contributed by atoms with E-state index < -0.39 is 10.0 Å². The highest BCUT2D eigenvalue weighted by atomic mass is 35.5. The van der Waals surface area contributed by atoms with Crippen molar-refractivity contribution in [1.82, 2.24) is 0 Å². The molecule has 0 fully saturated rings. The quantitative estimate of drug-likeness (QED) is 0.490. The number of hydrazone groups is 1. The van der Waals surface area contributed by atoms with Crippen LogP contribution in [0.4, 0.5) is 5.69 Å². The number of primary sulfonamides is 1. The van der Waals surface area contributed by atoms with Gasteiger partial charge in [-0.25, -0.2) is 13.6 Å². The fourth-order valence-corrected chi connectivity index (χ4v) is 4.75. The minimum absolute atomic E-state index is 0.0271. The van der Waals surface area contributed by atoms with Crippen LogP contribution in [0.3, 0.4) is 0 Å². The van der Waals surface area contributed by atoms with Gasteiger partial charge in [-0.2, -0.15) is 5.10 Å². The Bertz CT molecular complexity index is 1390. The maximum atomic E-state index is 11.7. The highest BCUT2D eigenvalue weighted by Gasteiger charge is 2.32. The van der Waals surface area contributed by atoms with Crippen molar-refractivity contribution < 1.29 is 22.6 Å². The van der Waals surface area contributed by atoms with Crippen LogP contribution in [0, 0.1) is 6.92 Å². The monoisotopic (exact) mass is 515 g/mol. The molecule has 10 heteroatoms. The lowest BCUT2D eigenvalue weighted by Crippen LogP contribution is -2.19. The van der Waals surface area contributed by atoms with Crippen molar-refractivity contribution in [3.63, 3.8) is 0 Å². The van der Waals surface area contributed by atoms with Crippen molar-refractivity contribution in [3.05, 3.63) is 76.3 Å². The van der Waals surface area contributed by atoms with Crippen molar-refractivity contribution in [2.75, 3.05) is 26.3 Å². The first kappa shape index (κ1) is 24.8. The van der Waals surface area contributed by atoms with Gasteiger partial charge in [0.2, 0.25) is 10.0 Å². The summed E-state index contributed by atoms with van der Waals surface area (Å²) in [6.45, 7) is 1.91. The first-order valence-electron chi connectivity index (χ1n) is 10.7. The van der Waals surface area contributed by atoms with E-state index in [1.165, 1.54) is 12.1 Å². The van der Waals surface area contributed by atoms with Gasteiger partial charge < -0.3 is 14.2 Å². The van der Waals surface area contributed by atoms with E-state index in [1.54, 1.807) is 33.5 Å². The lowest BCUT2D eigenvalue weighted by molar-refractivity contribution is 0.354. The third kappa shape index (κ3) is 4.93. The van der Waals surface area contributed by atoms with E-state index >= 15 is 0 Å². The number of nitrogens with zero attached hydrogens (tertiary/aromatic N) is 2. The zero-order chi connectivity index (χ0) is 25.3. The molecule has 0 spiro atoms. The Labute approximate surface area is 209 Å². The van der Waals surface area contributed by atoms with E-state index in [-0.39, 0.29) is 10.9 Å². The largest absolute Gasteiger partial charge is 0.496 e. The summed E-state index contributed by atoms with van der Waals surface area (Å²) in [5, 5.41) is 12.6. The van der Waals surface area contributed by atoms with Crippen LogP contribution < -0.4 is 24.4 Å². The van der Waals surface area contributed by atoms with Gasteiger partial charge in [0.25, 0.3) is 0 Å². The number of methoxy groups -OCH3 is 3. The van der Waals surface area contributed by atoms with Gasteiger partial charge in [-0.05, 0) is 66.6 Å². The molecular weight excluding hydrogens is 490 g/mol. The number of benzene rings is 3. The van der Waals surface area contributed by atoms with E-state index in [4.69, 9.17) is 36.1 Å². The summed E-state index contributed by atoms with van der Waals surface area (Å²) in [7, 11) is 0.964. The van der Waals surface area contributed by atoms with Crippen LogP contribution in [0.1, 0.15) is 29.2 Å². The second-order valence-electron chi connectivity index (χ2n) is 8.07. The normalized spacial score (nSPS) is 15.7. The molecule has 0 aliphatic carbocycles. The Morgan fingerprint density at radius 2 is 1.60 bits per heavy atom.